The van der Waals surface area contributed by atoms with Gasteiger partial charge in [0.1, 0.15) is 11.1 Å². The standard InChI is InChI=1S/C24H31N3O10S/c1-6-35-22(28)17(25)13-38(33,34)21-20(24(30)37-8-3)19(15-10-9-11-16(12-15)27(31)32)18(14(4)26(21)5)23(29)36-7-2/h9-12,17,19H,6-8,13,25H2,1-5H3. The molecule has 1 aliphatic rings. The molecule has 0 spiro atoms. The molecule has 0 aliphatic carbocycles. The minimum Gasteiger partial charge on any atom is -0.465 e. The Morgan fingerprint density at radius 3 is 2.13 bits per heavy atom. The summed E-state index contributed by atoms with van der Waals surface area (Å²) in [6.45, 7) is 5.86. The van der Waals surface area contributed by atoms with Crippen LogP contribution >= 0.6 is 0 Å². The van der Waals surface area contributed by atoms with Crippen LogP contribution in [0.4, 0.5) is 5.69 Å². The van der Waals surface area contributed by atoms with Gasteiger partial charge < -0.3 is 24.8 Å². The molecule has 2 rings (SSSR count). The smallest absolute Gasteiger partial charge is 0.337 e. The van der Waals surface area contributed by atoms with E-state index in [1.165, 1.54) is 46.0 Å². The fraction of sp³-hybridized carbons (Fsp3) is 0.458. The van der Waals surface area contributed by atoms with Gasteiger partial charge in [-0.25, -0.2) is 18.0 Å². The number of carbonyl (C=O) groups excluding carboxylic acids is 3. The number of nitro benzene ring substituents is 1. The molecule has 1 aromatic rings. The summed E-state index contributed by atoms with van der Waals surface area (Å²) in [6, 6.07) is 3.54. The third-order valence-corrected chi connectivity index (χ3v) is 7.57. The van der Waals surface area contributed by atoms with E-state index in [9.17, 15) is 32.9 Å². The van der Waals surface area contributed by atoms with E-state index in [1.54, 1.807) is 6.92 Å². The first-order valence-corrected chi connectivity index (χ1v) is 13.4. The molecule has 0 saturated carbocycles. The zero-order chi connectivity index (χ0) is 28.8. The summed E-state index contributed by atoms with van der Waals surface area (Å²) in [5, 5.41) is 10.9. The molecule has 13 nitrogen and oxygen atoms in total. The molecule has 2 unspecified atom stereocenters. The zero-order valence-corrected chi connectivity index (χ0v) is 22.6. The van der Waals surface area contributed by atoms with Crippen LogP contribution in [0.5, 0.6) is 0 Å². The van der Waals surface area contributed by atoms with E-state index in [1.807, 2.05) is 0 Å². The molecule has 0 amide bonds. The van der Waals surface area contributed by atoms with Crippen LogP contribution in [0.1, 0.15) is 39.2 Å². The molecule has 0 bridgehead atoms. The third kappa shape index (κ3) is 6.37. The van der Waals surface area contributed by atoms with Crippen molar-refractivity contribution in [2.75, 3.05) is 32.6 Å². The van der Waals surface area contributed by atoms with Gasteiger partial charge in [-0.15, -0.1) is 0 Å². The number of benzene rings is 1. The Morgan fingerprint density at radius 1 is 1.05 bits per heavy atom. The molecule has 0 radical (unpaired) electrons. The number of rotatable bonds is 11. The topological polar surface area (TPSA) is 185 Å². The molecule has 208 valence electrons. The van der Waals surface area contributed by atoms with Gasteiger partial charge in [-0.3, -0.25) is 14.9 Å². The molecule has 0 saturated heterocycles. The van der Waals surface area contributed by atoms with Gasteiger partial charge in [-0.2, -0.15) is 0 Å². The van der Waals surface area contributed by atoms with Crippen LogP contribution in [0, 0.1) is 10.1 Å². The lowest BCUT2D eigenvalue weighted by Gasteiger charge is -2.36. The van der Waals surface area contributed by atoms with Gasteiger partial charge >= 0.3 is 17.9 Å². The molecule has 1 aromatic carbocycles. The molecular formula is C24H31N3O10S. The van der Waals surface area contributed by atoms with Crippen molar-refractivity contribution in [2.24, 2.45) is 5.73 Å². The van der Waals surface area contributed by atoms with E-state index < -0.39 is 61.0 Å². The monoisotopic (exact) mass is 553 g/mol. The van der Waals surface area contributed by atoms with E-state index in [4.69, 9.17) is 19.9 Å². The van der Waals surface area contributed by atoms with Crippen LogP contribution in [0.25, 0.3) is 0 Å². The summed E-state index contributed by atoms with van der Waals surface area (Å²) in [5.74, 6) is -5.21. The van der Waals surface area contributed by atoms with Crippen LogP contribution < -0.4 is 5.73 Å². The van der Waals surface area contributed by atoms with Gasteiger partial charge in [0.2, 0.25) is 0 Å². The van der Waals surface area contributed by atoms with E-state index in [2.05, 4.69) is 0 Å². The maximum atomic E-state index is 13.7. The highest BCUT2D eigenvalue weighted by Gasteiger charge is 2.45. The van der Waals surface area contributed by atoms with Crippen molar-refractivity contribution >= 4 is 33.4 Å². The zero-order valence-electron chi connectivity index (χ0n) is 21.8. The fourth-order valence-corrected chi connectivity index (χ4v) is 5.90. The highest BCUT2D eigenvalue weighted by atomic mass is 32.2. The Bertz CT molecular complexity index is 1290. The number of carbonyl (C=O) groups is 3. The maximum Gasteiger partial charge on any atom is 0.337 e. The quantitative estimate of drug-likeness (QED) is 0.181. The van der Waals surface area contributed by atoms with Gasteiger partial charge in [0.15, 0.2) is 9.84 Å². The molecule has 2 atom stereocenters. The number of nitrogens with two attached hydrogens (primary N) is 1. The predicted molar refractivity (Wildman–Crippen MR) is 135 cm³/mol. The van der Waals surface area contributed by atoms with Crippen LogP contribution in [0.15, 0.2) is 46.1 Å². The van der Waals surface area contributed by atoms with Crippen molar-refractivity contribution in [2.45, 2.75) is 39.7 Å². The summed E-state index contributed by atoms with van der Waals surface area (Å²) >= 11 is 0. The minimum atomic E-state index is -4.51. The lowest BCUT2D eigenvalue weighted by atomic mass is 9.81. The molecule has 38 heavy (non-hydrogen) atoms. The summed E-state index contributed by atoms with van der Waals surface area (Å²) in [4.78, 5) is 50.5. The lowest BCUT2D eigenvalue weighted by molar-refractivity contribution is -0.384. The first-order chi connectivity index (χ1) is 17.8. The van der Waals surface area contributed by atoms with E-state index >= 15 is 0 Å². The normalized spacial score (nSPS) is 16.7. The molecule has 1 aliphatic heterocycles. The first-order valence-electron chi connectivity index (χ1n) is 11.7. The second-order valence-electron chi connectivity index (χ2n) is 8.14. The van der Waals surface area contributed by atoms with Gasteiger partial charge in [0.25, 0.3) is 5.69 Å². The minimum absolute atomic E-state index is 0.0249. The predicted octanol–water partition coefficient (Wildman–Crippen LogP) is 1.54. The van der Waals surface area contributed by atoms with Crippen LogP contribution in [-0.4, -0.2) is 74.8 Å². The highest BCUT2D eigenvalue weighted by Crippen LogP contribution is 2.44. The number of hydrogen-bond donors (Lipinski definition) is 1. The summed E-state index contributed by atoms with van der Waals surface area (Å²) in [5.41, 5.74) is 5.06. The van der Waals surface area contributed by atoms with Crippen molar-refractivity contribution in [3.8, 4) is 0 Å². The van der Waals surface area contributed by atoms with E-state index in [0.717, 1.165) is 11.0 Å². The Morgan fingerprint density at radius 2 is 1.61 bits per heavy atom. The van der Waals surface area contributed by atoms with Gasteiger partial charge in [0, 0.05) is 24.9 Å². The Balaban J connectivity index is 2.93. The number of nitro groups is 1. The average molecular weight is 554 g/mol. The second-order valence-corrected chi connectivity index (χ2v) is 10.1. The van der Waals surface area contributed by atoms with Crippen molar-refractivity contribution in [3.63, 3.8) is 0 Å². The van der Waals surface area contributed by atoms with Crippen LogP contribution in [-0.2, 0) is 38.4 Å². The largest absolute Gasteiger partial charge is 0.465 e. The van der Waals surface area contributed by atoms with Crippen LogP contribution in [0.2, 0.25) is 0 Å². The van der Waals surface area contributed by atoms with Crippen molar-refractivity contribution in [1.29, 1.82) is 0 Å². The van der Waals surface area contributed by atoms with E-state index in [-0.39, 0.29) is 42.3 Å². The fourth-order valence-electron chi connectivity index (χ4n) is 4.04. The number of esters is 3. The first kappa shape index (κ1) is 30.4. The van der Waals surface area contributed by atoms with Gasteiger partial charge in [-0.05, 0) is 33.3 Å². The summed E-state index contributed by atoms with van der Waals surface area (Å²) < 4.78 is 42.6. The van der Waals surface area contributed by atoms with Crippen molar-refractivity contribution in [1.82, 2.24) is 4.90 Å². The highest BCUT2D eigenvalue weighted by molar-refractivity contribution is 7.95. The lowest BCUT2D eigenvalue weighted by Crippen LogP contribution is -2.43. The van der Waals surface area contributed by atoms with Crippen molar-refractivity contribution < 1.29 is 41.9 Å². The molecular weight excluding hydrogens is 522 g/mol. The molecule has 2 N–H and O–H groups in total. The second kappa shape index (κ2) is 12.6. The van der Waals surface area contributed by atoms with Gasteiger partial charge in [0.05, 0.1) is 47.6 Å². The van der Waals surface area contributed by atoms with E-state index in [0.29, 0.717) is 0 Å². The maximum absolute atomic E-state index is 13.7. The molecule has 0 aromatic heterocycles. The van der Waals surface area contributed by atoms with Gasteiger partial charge in [-0.1, -0.05) is 12.1 Å². The number of non-ortho nitro benzene ring substituents is 1. The molecule has 14 heteroatoms. The Labute approximate surface area is 220 Å². The number of ether oxygens (including phenoxy) is 3. The van der Waals surface area contributed by atoms with Crippen molar-refractivity contribution in [3.05, 3.63) is 61.8 Å². The number of hydrogen-bond acceptors (Lipinski definition) is 12. The summed E-state index contributed by atoms with van der Waals surface area (Å²) in [7, 11) is -3.19. The number of allylic oxidation sites excluding steroid dienone is 1. The Hall–Kier alpha value is -3.78. The molecule has 0 fully saturated rings. The Kier molecular flexibility index (Phi) is 10.1. The third-order valence-electron chi connectivity index (χ3n) is 5.69. The SMILES string of the molecule is CCOC(=O)C1=C(C)N(C)C(S(=O)(=O)CC(N)C(=O)OCC)=C(C(=O)OCC)C1c1cccc([N+](=O)[O-])c1. The number of sulfone groups is 1. The van der Waals surface area contributed by atoms with Crippen LogP contribution in [0.3, 0.4) is 0 Å². The molecule has 1 heterocycles. The summed E-state index contributed by atoms with van der Waals surface area (Å²) in [6.07, 6.45) is 0. The number of nitrogens with zero attached hydrogens (tertiary/aromatic N) is 2. The average Bonchev–Trinajstić information content (AvgIpc) is 2.85.